The number of hydrogen-bond donors (Lipinski definition) is 4. The van der Waals surface area contributed by atoms with Crippen LogP contribution in [0.5, 0.6) is 0 Å². The van der Waals surface area contributed by atoms with Crippen LogP contribution >= 0.6 is 0 Å². The van der Waals surface area contributed by atoms with E-state index in [9.17, 15) is 24.6 Å². The predicted molar refractivity (Wildman–Crippen MR) is 139 cm³/mol. The molecule has 0 aliphatic heterocycles. The second-order valence-electron chi connectivity index (χ2n) is 10.1. The fraction of sp³-hybridized carbons (Fsp3) is 0.345. The average molecular weight is 491 g/mol. The van der Waals surface area contributed by atoms with Gasteiger partial charge in [0.2, 0.25) is 11.8 Å². The summed E-state index contributed by atoms with van der Waals surface area (Å²) in [6.45, 7) is 5.37. The number of rotatable bonds is 10. The molecule has 4 N–H and O–H groups in total. The quantitative estimate of drug-likeness (QED) is 0.347. The van der Waals surface area contributed by atoms with Crippen molar-refractivity contribution in [3.63, 3.8) is 0 Å². The molecule has 3 aromatic carbocycles. The minimum absolute atomic E-state index is 0.0727. The lowest BCUT2D eigenvalue weighted by atomic mass is 9.85. The summed E-state index contributed by atoms with van der Waals surface area (Å²) < 4.78 is 0. The number of aryl methyl sites for hydroxylation is 1. The van der Waals surface area contributed by atoms with Gasteiger partial charge in [-0.3, -0.25) is 9.59 Å². The van der Waals surface area contributed by atoms with Crippen molar-refractivity contribution in [3.05, 3.63) is 83.9 Å². The van der Waals surface area contributed by atoms with Crippen LogP contribution in [0.1, 0.15) is 38.3 Å². The molecule has 0 heterocycles. The smallest absolute Gasteiger partial charge is 0.328 e. The zero-order valence-electron chi connectivity index (χ0n) is 20.9. The molecular weight excluding hydrogens is 456 g/mol. The monoisotopic (exact) mass is 490 g/mol. The van der Waals surface area contributed by atoms with Crippen LogP contribution in [0.25, 0.3) is 10.8 Å². The van der Waals surface area contributed by atoms with Gasteiger partial charge in [0.1, 0.15) is 6.04 Å². The topological polar surface area (TPSA) is 116 Å². The molecular formula is C29H34N2O5. The van der Waals surface area contributed by atoms with E-state index in [2.05, 4.69) is 10.6 Å². The summed E-state index contributed by atoms with van der Waals surface area (Å²) in [5, 5.41) is 27.5. The maximum absolute atomic E-state index is 13.2. The van der Waals surface area contributed by atoms with Crippen LogP contribution in [0.15, 0.2) is 72.8 Å². The lowest BCUT2D eigenvalue weighted by Gasteiger charge is -2.32. The molecule has 190 valence electrons. The summed E-state index contributed by atoms with van der Waals surface area (Å²) in [6.07, 6.45) is -0.594. The highest BCUT2D eigenvalue weighted by Gasteiger charge is 2.37. The highest BCUT2D eigenvalue weighted by Crippen LogP contribution is 2.22. The Bertz CT molecular complexity index is 1200. The highest BCUT2D eigenvalue weighted by atomic mass is 16.4. The van der Waals surface area contributed by atoms with Crippen LogP contribution in [0.2, 0.25) is 0 Å². The van der Waals surface area contributed by atoms with E-state index in [1.165, 1.54) is 0 Å². The number of benzene rings is 3. The molecule has 0 saturated heterocycles. The van der Waals surface area contributed by atoms with Crippen molar-refractivity contribution >= 4 is 28.6 Å². The largest absolute Gasteiger partial charge is 0.480 e. The number of carbonyl (C=O) groups is 3. The van der Waals surface area contributed by atoms with Gasteiger partial charge in [-0.25, -0.2) is 4.79 Å². The van der Waals surface area contributed by atoms with Gasteiger partial charge in [0, 0.05) is 0 Å². The number of hydrogen-bond acceptors (Lipinski definition) is 4. The lowest BCUT2D eigenvalue weighted by molar-refractivity contribution is -0.146. The molecule has 3 rings (SSSR count). The number of aliphatic hydroxyl groups is 1. The Morgan fingerprint density at radius 3 is 2.17 bits per heavy atom. The molecule has 36 heavy (non-hydrogen) atoms. The average Bonchev–Trinajstić information content (AvgIpc) is 2.84. The van der Waals surface area contributed by atoms with Crippen molar-refractivity contribution < 1.29 is 24.6 Å². The first-order valence-electron chi connectivity index (χ1n) is 12.1. The first-order chi connectivity index (χ1) is 17.1. The zero-order chi connectivity index (χ0) is 26.3. The first-order valence-corrected chi connectivity index (χ1v) is 12.1. The molecule has 7 nitrogen and oxygen atoms in total. The van der Waals surface area contributed by atoms with Crippen molar-refractivity contribution in [2.75, 3.05) is 0 Å². The van der Waals surface area contributed by atoms with E-state index in [0.717, 1.165) is 21.9 Å². The van der Waals surface area contributed by atoms with Crippen molar-refractivity contribution in [2.24, 2.45) is 5.41 Å². The summed E-state index contributed by atoms with van der Waals surface area (Å²) >= 11 is 0. The summed E-state index contributed by atoms with van der Waals surface area (Å²) in [4.78, 5) is 38.0. The second-order valence-corrected chi connectivity index (χ2v) is 10.1. The summed E-state index contributed by atoms with van der Waals surface area (Å²) in [6, 6.07) is 20.4. The fourth-order valence-electron chi connectivity index (χ4n) is 4.19. The van der Waals surface area contributed by atoms with E-state index in [1.54, 1.807) is 20.8 Å². The minimum atomic E-state index is -1.50. The molecule has 7 heteroatoms. The molecule has 0 aliphatic carbocycles. The molecule has 3 aromatic rings. The first kappa shape index (κ1) is 26.9. The standard InChI is InChI=1S/C29H34N2O5/c1-29(2,3)26(30-24(33)18-21-14-9-13-20-12-7-8-15-22(20)21)27(34)31-25(28(35)36)23(32)17-16-19-10-5-4-6-11-19/h4-15,23,25-26,32H,16-18H2,1-3H3,(H,30,33)(H,31,34)(H,35,36)/t23?,25?,26-/m1/s1. The van der Waals surface area contributed by atoms with Gasteiger partial charge in [-0.05, 0) is 40.2 Å². The van der Waals surface area contributed by atoms with Gasteiger partial charge in [-0.2, -0.15) is 0 Å². The number of fused-ring (bicyclic) bond motifs is 1. The van der Waals surface area contributed by atoms with Gasteiger partial charge < -0.3 is 20.8 Å². The Morgan fingerprint density at radius 2 is 1.50 bits per heavy atom. The Kier molecular flexibility index (Phi) is 8.83. The van der Waals surface area contributed by atoms with Gasteiger partial charge in [-0.15, -0.1) is 0 Å². The van der Waals surface area contributed by atoms with Crippen molar-refractivity contribution in [1.82, 2.24) is 10.6 Å². The number of aliphatic hydroxyl groups excluding tert-OH is 1. The van der Waals surface area contributed by atoms with Gasteiger partial charge in [-0.1, -0.05) is 93.6 Å². The third-order valence-corrected chi connectivity index (χ3v) is 6.18. The van der Waals surface area contributed by atoms with Crippen molar-refractivity contribution in [1.29, 1.82) is 0 Å². The second kappa shape index (κ2) is 11.8. The molecule has 2 unspecified atom stereocenters. The maximum atomic E-state index is 13.2. The summed E-state index contributed by atoms with van der Waals surface area (Å²) in [7, 11) is 0. The van der Waals surface area contributed by atoms with Crippen molar-refractivity contribution in [3.8, 4) is 0 Å². The van der Waals surface area contributed by atoms with E-state index in [1.807, 2.05) is 72.8 Å². The molecule has 0 aromatic heterocycles. The number of carboxylic acid groups (broad SMARTS) is 1. The Labute approximate surface area is 211 Å². The van der Waals surface area contributed by atoms with Crippen LogP contribution in [-0.4, -0.2) is 46.2 Å². The molecule has 0 aliphatic rings. The highest BCUT2D eigenvalue weighted by molar-refractivity contribution is 5.94. The van der Waals surface area contributed by atoms with Gasteiger partial charge in [0.15, 0.2) is 6.04 Å². The third-order valence-electron chi connectivity index (χ3n) is 6.18. The van der Waals surface area contributed by atoms with Crippen LogP contribution in [0, 0.1) is 5.41 Å². The van der Waals surface area contributed by atoms with Gasteiger partial charge >= 0.3 is 5.97 Å². The predicted octanol–water partition coefficient (Wildman–Crippen LogP) is 3.48. The summed E-state index contributed by atoms with van der Waals surface area (Å²) in [5.74, 6) is -2.34. The van der Waals surface area contributed by atoms with E-state index in [4.69, 9.17) is 0 Å². The number of carboxylic acids is 1. The summed E-state index contributed by atoms with van der Waals surface area (Å²) in [5.41, 5.74) is 1.09. The van der Waals surface area contributed by atoms with E-state index in [0.29, 0.717) is 6.42 Å². The third kappa shape index (κ3) is 7.15. The lowest BCUT2D eigenvalue weighted by Crippen LogP contribution is -2.59. The van der Waals surface area contributed by atoms with E-state index in [-0.39, 0.29) is 18.7 Å². The van der Waals surface area contributed by atoms with Crippen LogP contribution in [0.4, 0.5) is 0 Å². The zero-order valence-corrected chi connectivity index (χ0v) is 20.9. The molecule has 0 spiro atoms. The normalized spacial score (nSPS) is 14.0. The maximum Gasteiger partial charge on any atom is 0.328 e. The minimum Gasteiger partial charge on any atom is -0.480 e. The molecule has 0 fully saturated rings. The molecule has 2 amide bonds. The van der Waals surface area contributed by atoms with Gasteiger partial charge in [0.05, 0.1) is 12.5 Å². The van der Waals surface area contributed by atoms with Crippen LogP contribution in [-0.2, 0) is 27.2 Å². The number of aliphatic carboxylic acids is 1. The van der Waals surface area contributed by atoms with E-state index < -0.39 is 35.5 Å². The SMILES string of the molecule is CC(C)(C)[C@H](NC(=O)Cc1cccc2ccccc12)C(=O)NC(C(=O)O)C(O)CCc1ccccc1. The number of carbonyl (C=O) groups excluding carboxylic acids is 2. The number of amides is 2. The molecule has 0 bridgehead atoms. The molecule has 3 atom stereocenters. The Morgan fingerprint density at radius 1 is 0.861 bits per heavy atom. The van der Waals surface area contributed by atoms with Gasteiger partial charge in [0.25, 0.3) is 0 Å². The molecule has 0 radical (unpaired) electrons. The van der Waals surface area contributed by atoms with Crippen LogP contribution < -0.4 is 10.6 Å². The van der Waals surface area contributed by atoms with Crippen LogP contribution in [0.3, 0.4) is 0 Å². The number of nitrogens with one attached hydrogen (secondary N) is 2. The fourth-order valence-corrected chi connectivity index (χ4v) is 4.19. The Balaban J connectivity index is 1.69. The van der Waals surface area contributed by atoms with Crippen molar-refractivity contribution in [2.45, 2.75) is 58.2 Å². The molecule has 0 saturated carbocycles. The van der Waals surface area contributed by atoms with E-state index >= 15 is 0 Å². The Hall–Kier alpha value is -3.71.